The van der Waals surface area contributed by atoms with Crippen molar-refractivity contribution in [3.05, 3.63) is 35.9 Å². The highest BCUT2D eigenvalue weighted by molar-refractivity contribution is 7.91. The molecular weight excluding hydrogens is 344 g/mol. The highest BCUT2D eigenvalue weighted by atomic mass is 32.2. The van der Waals surface area contributed by atoms with Crippen LogP contribution in [0.2, 0.25) is 0 Å². The first-order valence-corrected chi connectivity index (χ1v) is 9.88. The Hall–Kier alpha value is -2.35. The molecule has 0 aliphatic carbocycles. The van der Waals surface area contributed by atoms with Crippen molar-refractivity contribution < 1.29 is 22.7 Å². The summed E-state index contributed by atoms with van der Waals surface area (Å²) >= 11 is 0. The van der Waals surface area contributed by atoms with Gasteiger partial charge in [-0.1, -0.05) is 18.2 Å². The van der Waals surface area contributed by atoms with Crippen LogP contribution in [0.15, 0.2) is 30.3 Å². The van der Waals surface area contributed by atoms with Crippen LogP contribution in [-0.2, 0) is 19.4 Å². The number of allylic oxidation sites excluding steroid dienone is 1. The lowest BCUT2D eigenvalue weighted by molar-refractivity contribution is -0.119. The van der Waals surface area contributed by atoms with Gasteiger partial charge in [-0.05, 0) is 29.7 Å². The summed E-state index contributed by atoms with van der Waals surface area (Å²) in [4.78, 5) is 24.6. The average Bonchev–Trinajstić information content (AvgIpc) is 2.94. The molecule has 0 bridgehead atoms. The Morgan fingerprint density at radius 1 is 1.32 bits per heavy atom. The molecule has 1 fully saturated rings. The van der Waals surface area contributed by atoms with Gasteiger partial charge in [-0.25, -0.2) is 13.2 Å². The van der Waals surface area contributed by atoms with Crippen molar-refractivity contribution in [2.45, 2.75) is 19.4 Å². The fourth-order valence-corrected chi connectivity index (χ4v) is 4.12. The third-order valence-electron chi connectivity index (χ3n) is 4.33. The zero-order chi connectivity index (χ0) is 18.0. The second kappa shape index (κ2) is 6.87. The Morgan fingerprint density at radius 2 is 2.04 bits per heavy atom. The number of nitrogens with one attached hydrogen (secondary N) is 1. The molecule has 2 amide bonds. The predicted octanol–water partition coefficient (Wildman–Crippen LogP) is 1.35. The van der Waals surface area contributed by atoms with E-state index in [1.54, 1.807) is 6.08 Å². The Morgan fingerprint density at radius 3 is 2.64 bits per heavy atom. The molecule has 0 radical (unpaired) electrons. The number of ether oxygens (including phenoxy) is 1. The third-order valence-corrected chi connectivity index (χ3v) is 5.83. The molecule has 8 heteroatoms. The van der Waals surface area contributed by atoms with E-state index in [1.807, 2.05) is 24.3 Å². The van der Waals surface area contributed by atoms with Crippen molar-refractivity contribution in [1.82, 2.24) is 5.32 Å². The number of nitrogens with zero attached hydrogens (tertiary/aromatic N) is 1. The van der Waals surface area contributed by atoms with E-state index in [0.717, 1.165) is 11.1 Å². The first-order chi connectivity index (χ1) is 11.9. The summed E-state index contributed by atoms with van der Waals surface area (Å²) in [6.45, 7) is 1.98. The molecule has 25 heavy (non-hydrogen) atoms. The molecule has 134 valence electrons. The number of amides is 2. The predicted molar refractivity (Wildman–Crippen MR) is 94.0 cm³/mol. The molecule has 2 aliphatic heterocycles. The van der Waals surface area contributed by atoms with Gasteiger partial charge in [0.25, 0.3) is 0 Å². The summed E-state index contributed by atoms with van der Waals surface area (Å²) in [6, 6.07) is 7.13. The molecule has 1 saturated heterocycles. The van der Waals surface area contributed by atoms with Crippen molar-refractivity contribution in [1.29, 1.82) is 0 Å². The van der Waals surface area contributed by atoms with Crippen molar-refractivity contribution in [2.75, 3.05) is 29.6 Å². The number of cyclic esters (lactones) is 1. The minimum absolute atomic E-state index is 0.0708. The van der Waals surface area contributed by atoms with Crippen LogP contribution in [0.1, 0.15) is 18.9 Å². The van der Waals surface area contributed by atoms with Gasteiger partial charge in [-0.15, -0.1) is 0 Å². The van der Waals surface area contributed by atoms with E-state index in [1.165, 1.54) is 11.8 Å². The number of rotatable bonds is 4. The number of sulfone groups is 1. The van der Waals surface area contributed by atoms with Gasteiger partial charge in [-0.3, -0.25) is 9.69 Å². The molecule has 1 N–H and O–H groups in total. The maximum atomic E-state index is 12.0. The first kappa shape index (κ1) is 17.5. The zero-order valence-corrected chi connectivity index (χ0v) is 14.7. The molecule has 3 rings (SSSR count). The van der Waals surface area contributed by atoms with Crippen LogP contribution in [0.3, 0.4) is 0 Å². The van der Waals surface area contributed by atoms with Crippen LogP contribution < -0.4 is 10.2 Å². The number of hydrogen-bond donors (Lipinski definition) is 1. The van der Waals surface area contributed by atoms with E-state index in [-0.39, 0.29) is 30.1 Å². The van der Waals surface area contributed by atoms with E-state index in [0.29, 0.717) is 18.7 Å². The molecule has 2 heterocycles. The number of carbonyl (C=O) groups excluding carboxylic acids is 2. The molecule has 0 unspecified atom stereocenters. The Balaban J connectivity index is 1.76. The molecule has 0 aromatic heterocycles. The fraction of sp³-hybridized carbons (Fsp3) is 0.412. The van der Waals surface area contributed by atoms with Crippen molar-refractivity contribution in [2.24, 2.45) is 0 Å². The SMILES string of the molecule is CC(=O)NC[C@H]1COC(=O)N1c1ccc(C2=CCS(=O)(=O)CC2)cc1. The lowest BCUT2D eigenvalue weighted by atomic mass is 10.0. The van der Waals surface area contributed by atoms with E-state index in [4.69, 9.17) is 4.74 Å². The lowest BCUT2D eigenvalue weighted by Gasteiger charge is -2.22. The summed E-state index contributed by atoms with van der Waals surface area (Å²) < 4.78 is 28.1. The molecule has 0 spiro atoms. The van der Waals surface area contributed by atoms with Crippen molar-refractivity contribution >= 4 is 33.1 Å². The Kier molecular flexibility index (Phi) is 4.80. The van der Waals surface area contributed by atoms with E-state index in [9.17, 15) is 18.0 Å². The summed E-state index contributed by atoms with van der Waals surface area (Å²) in [5.41, 5.74) is 2.63. The zero-order valence-electron chi connectivity index (χ0n) is 13.9. The molecule has 7 nitrogen and oxygen atoms in total. The van der Waals surface area contributed by atoms with Crippen LogP contribution in [0.4, 0.5) is 10.5 Å². The van der Waals surface area contributed by atoms with Gasteiger partial charge < -0.3 is 10.1 Å². The second-order valence-corrected chi connectivity index (χ2v) is 8.41. The molecular formula is C17H20N2O5S. The van der Waals surface area contributed by atoms with Gasteiger partial charge in [0.15, 0.2) is 9.84 Å². The van der Waals surface area contributed by atoms with Crippen LogP contribution in [0.25, 0.3) is 5.57 Å². The normalized spacial score (nSPS) is 22.3. The topological polar surface area (TPSA) is 92.8 Å². The summed E-state index contributed by atoms with van der Waals surface area (Å²) in [5, 5.41) is 2.70. The average molecular weight is 364 g/mol. The standard InChI is InChI=1S/C17H20N2O5S/c1-12(20)18-10-16-11-24-17(21)19(16)15-4-2-13(3-5-15)14-6-8-25(22,23)9-7-14/h2-6,16H,7-11H2,1H3,(H,18,20)/t16-/m0/s1. The number of benzene rings is 1. The summed E-state index contributed by atoms with van der Waals surface area (Å²) in [6.07, 6.45) is 1.81. The highest BCUT2D eigenvalue weighted by Gasteiger charge is 2.34. The van der Waals surface area contributed by atoms with Crippen LogP contribution in [0, 0.1) is 0 Å². The summed E-state index contributed by atoms with van der Waals surface area (Å²) in [7, 11) is -2.95. The van der Waals surface area contributed by atoms with E-state index < -0.39 is 15.9 Å². The Bertz CT molecular complexity index is 814. The smallest absolute Gasteiger partial charge is 0.414 e. The second-order valence-electron chi connectivity index (χ2n) is 6.18. The fourth-order valence-electron chi connectivity index (χ4n) is 2.97. The minimum atomic E-state index is -2.95. The third kappa shape index (κ3) is 4.01. The van der Waals surface area contributed by atoms with Gasteiger partial charge in [-0.2, -0.15) is 0 Å². The van der Waals surface area contributed by atoms with E-state index in [2.05, 4.69) is 5.32 Å². The number of hydrogen-bond acceptors (Lipinski definition) is 5. The van der Waals surface area contributed by atoms with Crippen LogP contribution in [-0.4, -0.2) is 51.1 Å². The van der Waals surface area contributed by atoms with E-state index >= 15 is 0 Å². The molecule has 1 atom stereocenters. The van der Waals surface area contributed by atoms with Crippen molar-refractivity contribution in [3.8, 4) is 0 Å². The maximum absolute atomic E-state index is 12.0. The minimum Gasteiger partial charge on any atom is -0.447 e. The lowest BCUT2D eigenvalue weighted by Crippen LogP contribution is -2.42. The van der Waals surface area contributed by atoms with Gasteiger partial charge in [0.2, 0.25) is 5.91 Å². The monoisotopic (exact) mass is 364 g/mol. The quantitative estimate of drug-likeness (QED) is 0.871. The molecule has 2 aliphatic rings. The molecule has 1 aromatic carbocycles. The Labute approximate surface area is 146 Å². The van der Waals surface area contributed by atoms with Gasteiger partial charge >= 0.3 is 6.09 Å². The van der Waals surface area contributed by atoms with Crippen LogP contribution >= 0.6 is 0 Å². The van der Waals surface area contributed by atoms with Gasteiger partial charge in [0, 0.05) is 19.2 Å². The molecule has 1 aromatic rings. The van der Waals surface area contributed by atoms with Crippen molar-refractivity contribution in [3.63, 3.8) is 0 Å². The largest absolute Gasteiger partial charge is 0.447 e. The molecule has 0 saturated carbocycles. The van der Waals surface area contributed by atoms with Crippen LogP contribution in [0.5, 0.6) is 0 Å². The van der Waals surface area contributed by atoms with Gasteiger partial charge in [0.05, 0.1) is 17.5 Å². The van der Waals surface area contributed by atoms with Gasteiger partial charge in [0.1, 0.15) is 6.61 Å². The highest BCUT2D eigenvalue weighted by Crippen LogP contribution is 2.28. The maximum Gasteiger partial charge on any atom is 0.414 e. The first-order valence-electron chi connectivity index (χ1n) is 8.06. The summed E-state index contributed by atoms with van der Waals surface area (Å²) in [5.74, 6) is 0.0768. The number of carbonyl (C=O) groups is 2. The number of anilines is 1.